The van der Waals surface area contributed by atoms with Gasteiger partial charge in [-0.05, 0) is 54.1 Å². The molecule has 0 saturated heterocycles. The van der Waals surface area contributed by atoms with Crippen molar-refractivity contribution in [2.75, 3.05) is 10.6 Å². The number of benzene rings is 2. The van der Waals surface area contributed by atoms with Gasteiger partial charge in [-0.25, -0.2) is 0 Å². The van der Waals surface area contributed by atoms with Gasteiger partial charge in [0.1, 0.15) is 0 Å². The van der Waals surface area contributed by atoms with Crippen LogP contribution in [0.1, 0.15) is 5.56 Å². The average Bonchev–Trinajstić information content (AvgIpc) is 2.54. The zero-order chi connectivity index (χ0) is 18.7. The maximum absolute atomic E-state index is 12.6. The summed E-state index contributed by atoms with van der Waals surface area (Å²) >= 11 is 11.8. The van der Waals surface area contributed by atoms with E-state index >= 15 is 0 Å². The van der Waals surface area contributed by atoms with Crippen LogP contribution in [0.3, 0.4) is 0 Å². The maximum atomic E-state index is 12.6. The molecular weight excluding hydrogens is 390 g/mol. The second-order valence-electron chi connectivity index (χ2n) is 5.09. The molecule has 10 heteroatoms. The fraction of sp³-hybridized carbons (Fsp3) is 0.0625. The van der Waals surface area contributed by atoms with Gasteiger partial charge in [0, 0.05) is 16.4 Å². The molecule has 0 fully saturated rings. The van der Waals surface area contributed by atoms with E-state index in [1.54, 1.807) is 24.3 Å². The third kappa shape index (κ3) is 4.74. The van der Waals surface area contributed by atoms with Gasteiger partial charge in [-0.3, -0.25) is 0 Å². The number of anilines is 4. The Kier molecular flexibility index (Phi) is 5.15. The third-order valence-corrected chi connectivity index (χ3v) is 3.56. The lowest BCUT2D eigenvalue weighted by Crippen LogP contribution is -2.06. The standard InChI is InChI=1S/C16H10Cl2F3N5/c17-10-2-1-3-12(8-10)23-15-25-13(18)24-14(26-15)22-11-6-4-9(5-7-11)16(19,20)21/h1-8H,(H2,22,23,24,25,26). The first-order chi connectivity index (χ1) is 12.3. The van der Waals surface area contributed by atoms with Crippen molar-refractivity contribution in [3.8, 4) is 0 Å². The first kappa shape index (κ1) is 18.2. The van der Waals surface area contributed by atoms with Crippen LogP contribution in [-0.2, 0) is 6.18 Å². The summed E-state index contributed by atoms with van der Waals surface area (Å²) in [5.74, 6) is 0.232. The van der Waals surface area contributed by atoms with Gasteiger partial charge in [-0.2, -0.15) is 28.1 Å². The summed E-state index contributed by atoms with van der Waals surface area (Å²) < 4.78 is 37.8. The minimum absolute atomic E-state index is 0.0780. The Morgan fingerprint density at radius 2 is 1.38 bits per heavy atom. The normalized spacial score (nSPS) is 11.3. The maximum Gasteiger partial charge on any atom is 0.416 e. The quantitative estimate of drug-likeness (QED) is 0.590. The molecule has 0 aliphatic carbocycles. The summed E-state index contributed by atoms with van der Waals surface area (Å²) in [6.07, 6.45) is -4.40. The Labute approximate surface area is 156 Å². The van der Waals surface area contributed by atoms with Crippen LogP contribution in [0.2, 0.25) is 10.3 Å². The van der Waals surface area contributed by atoms with Gasteiger partial charge in [0.05, 0.1) is 5.56 Å². The van der Waals surface area contributed by atoms with E-state index in [0.717, 1.165) is 12.1 Å². The Morgan fingerprint density at radius 1 is 0.769 bits per heavy atom. The van der Waals surface area contributed by atoms with Crippen LogP contribution in [0.5, 0.6) is 0 Å². The molecule has 134 valence electrons. The van der Waals surface area contributed by atoms with Crippen molar-refractivity contribution < 1.29 is 13.2 Å². The minimum Gasteiger partial charge on any atom is -0.324 e. The van der Waals surface area contributed by atoms with Crippen molar-refractivity contribution in [3.63, 3.8) is 0 Å². The van der Waals surface area contributed by atoms with E-state index in [2.05, 4.69) is 25.6 Å². The van der Waals surface area contributed by atoms with Crippen LogP contribution >= 0.6 is 23.2 Å². The van der Waals surface area contributed by atoms with Gasteiger partial charge in [0.2, 0.25) is 17.2 Å². The smallest absolute Gasteiger partial charge is 0.324 e. The largest absolute Gasteiger partial charge is 0.416 e. The summed E-state index contributed by atoms with van der Waals surface area (Å²) in [5, 5.41) is 6.14. The van der Waals surface area contributed by atoms with E-state index in [0.29, 0.717) is 16.4 Å². The van der Waals surface area contributed by atoms with E-state index in [1.807, 2.05) is 0 Å². The molecule has 3 rings (SSSR count). The molecule has 0 saturated carbocycles. The molecular formula is C16H10Cl2F3N5. The highest BCUT2D eigenvalue weighted by molar-refractivity contribution is 6.30. The van der Waals surface area contributed by atoms with E-state index in [1.165, 1.54) is 12.1 Å². The number of nitrogens with zero attached hydrogens (tertiary/aromatic N) is 3. The van der Waals surface area contributed by atoms with Crippen LogP contribution in [0.15, 0.2) is 48.5 Å². The van der Waals surface area contributed by atoms with Crippen molar-refractivity contribution in [3.05, 3.63) is 64.4 Å². The first-order valence-electron chi connectivity index (χ1n) is 7.18. The zero-order valence-electron chi connectivity index (χ0n) is 12.9. The summed E-state index contributed by atoms with van der Waals surface area (Å²) in [5.41, 5.74) is 0.259. The highest BCUT2D eigenvalue weighted by Crippen LogP contribution is 2.30. The molecule has 1 aromatic heterocycles. The molecule has 0 amide bonds. The second-order valence-corrected chi connectivity index (χ2v) is 5.86. The summed E-state index contributed by atoms with van der Waals surface area (Å²) in [6, 6.07) is 11.3. The number of hydrogen-bond acceptors (Lipinski definition) is 5. The molecule has 0 aliphatic heterocycles. The SMILES string of the molecule is FC(F)(F)c1ccc(Nc2nc(Cl)nc(Nc3cccc(Cl)c3)n2)cc1. The number of nitrogens with one attached hydrogen (secondary N) is 2. The Morgan fingerprint density at radius 3 is 1.96 bits per heavy atom. The summed E-state index contributed by atoms with van der Waals surface area (Å²) in [6.45, 7) is 0. The number of hydrogen-bond donors (Lipinski definition) is 2. The highest BCUT2D eigenvalue weighted by Gasteiger charge is 2.29. The monoisotopic (exact) mass is 399 g/mol. The van der Waals surface area contributed by atoms with Gasteiger partial charge in [0.25, 0.3) is 0 Å². The summed E-state index contributed by atoms with van der Waals surface area (Å²) in [4.78, 5) is 12.0. The number of halogens is 5. The number of aromatic nitrogens is 3. The molecule has 2 aromatic carbocycles. The molecule has 5 nitrogen and oxygen atoms in total. The van der Waals surface area contributed by atoms with Crippen molar-refractivity contribution >= 4 is 46.5 Å². The van der Waals surface area contributed by atoms with E-state index in [-0.39, 0.29) is 17.2 Å². The highest BCUT2D eigenvalue weighted by atomic mass is 35.5. The topological polar surface area (TPSA) is 62.7 Å². The predicted octanol–water partition coefficient (Wildman–Crippen LogP) is 5.68. The Balaban J connectivity index is 1.79. The molecule has 0 unspecified atom stereocenters. The van der Waals surface area contributed by atoms with Crippen LogP contribution in [0.25, 0.3) is 0 Å². The molecule has 26 heavy (non-hydrogen) atoms. The van der Waals surface area contributed by atoms with Crippen molar-refractivity contribution in [1.82, 2.24) is 15.0 Å². The lowest BCUT2D eigenvalue weighted by molar-refractivity contribution is -0.137. The van der Waals surface area contributed by atoms with E-state index in [9.17, 15) is 13.2 Å². The van der Waals surface area contributed by atoms with E-state index < -0.39 is 11.7 Å². The molecule has 1 heterocycles. The van der Waals surface area contributed by atoms with Crippen molar-refractivity contribution in [2.45, 2.75) is 6.18 Å². The lowest BCUT2D eigenvalue weighted by atomic mass is 10.2. The Bertz CT molecular complexity index is 917. The van der Waals surface area contributed by atoms with Gasteiger partial charge in [-0.1, -0.05) is 17.7 Å². The molecule has 3 aromatic rings. The van der Waals surface area contributed by atoms with Crippen LogP contribution < -0.4 is 10.6 Å². The van der Waals surface area contributed by atoms with Gasteiger partial charge < -0.3 is 10.6 Å². The van der Waals surface area contributed by atoms with Crippen LogP contribution in [-0.4, -0.2) is 15.0 Å². The molecule has 2 N–H and O–H groups in total. The zero-order valence-corrected chi connectivity index (χ0v) is 14.4. The van der Waals surface area contributed by atoms with Crippen molar-refractivity contribution in [2.24, 2.45) is 0 Å². The van der Waals surface area contributed by atoms with Gasteiger partial charge >= 0.3 is 6.18 Å². The minimum atomic E-state index is -4.40. The molecule has 0 radical (unpaired) electrons. The second kappa shape index (κ2) is 7.35. The van der Waals surface area contributed by atoms with Gasteiger partial charge in [0.15, 0.2) is 0 Å². The number of alkyl halides is 3. The number of rotatable bonds is 4. The predicted molar refractivity (Wildman–Crippen MR) is 94.3 cm³/mol. The average molecular weight is 400 g/mol. The molecule has 0 spiro atoms. The van der Waals surface area contributed by atoms with E-state index in [4.69, 9.17) is 23.2 Å². The molecule has 0 bridgehead atoms. The first-order valence-corrected chi connectivity index (χ1v) is 7.94. The summed E-state index contributed by atoms with van der Waals surface area (Å²) in [7, 11) is 0. The van der Waals surface area contributed by atoms with Crippen LogP contribution in [0, 0.1) is 0 Å². The van der Waals surface area contributed by atoms with Crippen molar-refractivity contribution in [1.29, 1.82) is 0 Å². The molecule has 0 atom stereocenters. The van der Waals surface area contributed by atoms with Crippen LogP contribution in [0.4, 0.5) is 36.4 Å². The fourth-order valence-corrected chi connectivity index (χ4v) is 2.38. The molecule has 0 aliphatic rings. The fourth-order valence-electron chi connectivity index (χ4n) is 2.03. The third-order valence-electron chi connectivity index (χ3n) is 3.16. The lowest BCUT2D eigenvalue weighted by Gasteiger charge is -2.10. The van der Waals surface area contributed by atoms with Gasteiger partial charge in [-0.15, -0.1) is 0 Å². The Hall–Kier alpha value is -2.58.